The Labute approximate surface area is 170 Å². The molecule has 0 bridgehead atoms. The zero-order valence-corrected chi connectivity index (χ0v) is 16.6. The molecular formula is C18H16N4O5S2. The number of ether oxygens (including phenoxy) is 2. The van der Waals surface area contributed by atoms with Crippen LogP contribution in [0, 0.1) is 0 Å². The lowest BCUT2D eigenvalue weighted by Crippen LogP contribution is -2.24. The van der Waals surface area contributed by atoms with Crippen molar-refractivity contribution in [2.45, 2.75) is 12.3 Å². The Balaban J connectivity index is 1.35. The summed E-state index contributed by atoms with van der Waals surface area (Å²) in [6.45, 7) is 0.108. The fraction of sp³-hybridized carbons (Fsp3) is 0.167. The lowest BCUT2D eigenvalue weighted by molar-refractivity contribution is 0.102. The van der Waals surface area contributed by atoms with Crippen LogP contribution in [-0.4, -0.2) is 31.3 Å². The molecule has 0 saturated heterocycles. The van der Waals surface area contributed by atoms with Gasteiger partial charge >= 0.3 is 0 Å². The minimum Gasteiger partial charge on any atom is -0.454 e. The number of benzene rings is 2. The number of hydrogen-bond donors (Lipinski definition) is 2. The molecule has 2 heterocycles. The van der Waals surface area contributed by atoms with Gasteiger partial charge in [-0.05, 0) is 17.7 Å². The fourth-order valence-electron chi connectivity index (χ4n) is 2.59. The Hall–Kier alpha value is -3.02. The van der Waals surface area contributed by atoms with Gasteiger partial charge in [-0.2, -0.15) is 0 Å². The van der Waals surface area contributed by atoms with E-state index in [9.17, 15) is 13.2 Å². The first-order valence-corrected chi connectivity index (χ1v) is 11.0. The summed E-state index contributed by atoms with van der Waals surface area (Å²) in [4.78, 5) is 12.4. The van der Waals surface area contributed by atoms with Gasteiger partial charge in [-0.25, -0.2) is 13.1 Å². The Morgan fingerprint density at radius 3 is 2.69 bits per heavy atom. The summed E-state index contributed by atoms with van der Waals surface area (Å²) < 4.78 is 37.4. The Bertz CT molecular complexity index is 1130. The molecular weight excluding hydrogens is 416 g/mol. The molecule has 150 valence electrons. The highest BCUT2D eigenvalue weighted by Gasteiger charge is 2.18. The summed E-state index contributed by atoms with van der Waals surface area (Å²) in [5.74, 6) is 0.585. The predicted octanol–water partition coefficient (Wildman–Crippen LogP) is 2.14. The normalized spacial score (nSPS) is 12.7. The smallest absolute Gasteiger partial charge is 0.286 e. The van der Waals surface area contributed by atoms with Crippen LogP contribution >= 0.6 is 11.3 Å². The fourth-order valence-corrected chi connectivity index (χ4v) is 4.45. The molecule has 0 saturated carbocycles. The molecule has 1 aliphatic rings. The summed E-state index contributed by atoms with van der Waals surface area (Å²) in [5.41, 5.74) is 1.21. The maximum Gasteiger partial charge on any atom is 0.286 e. The van der Waals surface area contributed by atoms with Crippen LogP contribution in [0.25, 0.3) is 0 Å². The highest BCUT2D eigenvalue weighted by Crippen LogP contribution is 2.34. The Kier molecular flexibility index (Phi) is 5.43. The van der Waals surface area contributed by atoms with Crippen molar-refractivity contribution in [3.63, 3.8) is 0 Å². The molecule has 9 nitrogen and oxygen atoms in total. The van der Waals surface area contributed by atoms with Gasteiger partial charge in [-0.3, -0.25) is 4.79 Å². The lowest BCUT2D eigenvalue weighted by atomic mass is 10.2. The molecule has 4 rings (SSSR count). The second-order valence-corrected chi connectivity index (χ2v) is 8.96. The minimum atomic E-state index is -3.54. The number of carbonyl (C=O) groups excluding carboxylic acids is 1. The van der Waals surface area contributed by atoms with Crippen LogP contribution in [0.3, 0.4) is 0 Å². The number of amides is 1. The van der Waals surface area contributed by atoms with Crippen molar-refractivity contribution in [3.05, 3.63) is 64.1 Å². The van der Waals surface area contributed by atoms with Gasteiger partial charge in [0, 0.05) is 11.8 Å². The van der Waals surface area contributed by atoms with Gasteiger partial charge in [0.15, 0.2) is 11.5 Å². The molecule has 3 aromatic rings. The van der Waals surface area contributed by atoms with Crippen LogP contribution in [0.15, 0.2) is 48.5 Å². The van der Waals surface area contributed by atoms with Crippen molar-refractivity contribution in [1.29, 1.82) is 0 Å². The predicted molar refractivity (Wildman–Crippen MR) is 106 cm³/mol. The molecule has 2 N–H and O–H groups in total. The SMILES string of the molecule is O=C(Nc1ccc2c(c1)OCO2)c1nnc(CNS(=O)(=O)Cc2ccccc2)s1. The van der Waals surface area contributed by atoms with E-state index in [4.69, 9.17) is 9.47 Å². The second kappa shape index (κ2) is 8.15. The number of sulfonamides is 1. The molecule has 1 aliphatic heterocycles. The highest BCUT2D eigenvalue weighted by atomic mass is 32.2. The summed E-state index contributed by atoms with van der Waals surface area (Å²) in [7, 11) is -3.54. The second-order valence-electron chi connectivity index (χ2n) is 6.09. The molecule has 0 fully saturated rings. The van der Waals surface area contributed by atoms with E-state index in [1.54, 1.807) is 42.5 Å². The topological polar surface area (TPSA) is 120 Å². The van der Waals surface area contributed by atoms with E-state index in [0.29, 0.717) is 27.8 Å². The van der Waals surface area contributed by atoms with E-state index >= 15 is 0 Å². The number of nitrogens with zero attached hydrogens (tertiary/aromatic N) is 2. The van der Waals surface area contributed by atoms with E-state index in [-0.39, 0.29) is 24.1 Å². The zero-order valence-electron chi connectivity index (χ0n) is 15.0. The molecule has 1 aromatic heterocycles. The standard InChI is InChI=1S/C18H16N4O5S2/c23-17(20-13-6-7-14-15(8-13)27-11-26-14)18-22-21-16(28-18)9-19-29(24,25)10-12-4-2-1-3-5-12/h1-8,19H,9-11H2,(H,20,23). The lowest BCUT2D eigenvalue weighted by Gasteiger charge is -2.05. The van der Waals surface area contributed by atoms with Gasteiger partial charge < -0.3 is 14.8 Å². The molecule has 29 heavy (non-hydrogen) atoms. The zero-order chi connectivity index (χ0) is 20.3. The minimum absolute atomic E-state index is 0.0376. The third-order valence-corrected chi connectivity index (χ3v) is 6.15. The largest absolute Gasteiger partial charge is 0.454 e. The van der Waals surface area contributed by atoms with Crippen LogP contribution in [0.5, 0.6) is 11.5 Å². The summed E-state index contributed by atoms with van der Waals surface area (Å²) in [6, 6.07) is 13.9. The molecule has 0 atom stereocenters. The van der Waals surface area contributed by atoms with E-state index < -0.39 is 15.9 Å². The quantitative estimate of drug-likeness (QED) is 0.587. The highest BCUT2D eigenvalue weighted by molar-refractivity contribution is 7.88. The monoisotopic (exact) mass is 432 g/mol. The number of aromatic nitrogens is 2. The maximum absolute atomic E-state index is 12.4. The summed E-state index contributed by atoms with van der Waals surface area (Å²) in [5, 5.41) is 10.9. The van der Waals surface area contributed by atoms with E-state index in [0.717, 1.165) is 11.3 Å². The molecule has 2 aromatic carbocycles. The summed E-state index contributed by atoms with van der Waals surface area (Å²) in [6.07, 6.45) is 0. The van der Waals surface area contributed by atoms with Crippen molar-refractivity contribution in [3.8, 4) is 11.5 Å². The van der Waals surface area contributed by atoms with Crippen LogP contribution < -0.4 is 19.5 Å². The molecule has 0 spiro atoms. The third-order valence-electron chi connectivity index (χ3n) is 3.93. The number of nitrogens with one attached hydrogen (secondary N) is 2. The molecule has 11 heteroatoms. The van der Waals surface area contributed by atoms with E-state index in [1.165, 1.54) is 0 Å². The third kappa shape index (κ3) is 4.88. The Morgan fingerprint density at radius 2 is 1.86 bits per heavy atom. The van der Waals surface area contributed by atoms with Gasteiger partial charge in [0.25, 0.3) is 5.91 Å². The number of rotatable bonds is 7. The average Bonchev–Trinajstić information content (AvgIpc) is 3.36. The van der Waals surface area contributed by atoms with Crippen LogP contribution in [0.2, 0.25) is 0 Å². The van der Waals surface area contributed by atoms with Gasteiger partial charge in [0.05, 0.1) is 12.3 Å². The van der Waals surface area contributed by atoms with Crippen LogP contribution in [0.4, 0.5) is 5.69 Å². The van der Waals surface area contributed by atoms with Crippen molar-refractivity contribution >= 4 is 33.0 Å². The molecule has 0 unspecified atom stereocenters. The number of fused-ring (bicyclic) bond motifs is 1. The van der Waals surface area contributed by atoms with Gasteiger partial charge in [-0.15, -0.1) is 10.2 Å². The van der Waals surface area contributed by atoms with Crippen LogP contribution in [0.1, 0.15) is 20.4 Å². The average molecular weight is 432 g/mol. The first-order chi connectivity index (χ1) is 14.0. The van der Waals surface area contributed by atoms with Gasteiger partial charge in [-0.1, -0.05) is 41.7 Å². The number of carbonyl (C=O) groups is 1. The molecule has 1 amide bonds. The van der Waals surface area contributed by atoms with Crippen molar-refractivity contribution in [2.24, 2.45) is 0 Å². The molecule has 0 radical (unpaired) electrons. The van der Waals surface area contributed by atoms with E-state index in [2.05, 4.69) is 20.2 Å². The van der Waals surface area contributed by atoms with Crippen molar-refractivity contribution in [1.82, 2.24) is 14.9 Å². The first kappa shape index (κ1) is 19.3. The van der Waals surface area contributed by atoms with Crippen molar-refractivity contribution in [2.75, 3.05) is 12.1 Å². The number of hydrogen-bond acceptors (Lipinski definition) is 8. The first-order valence-electron chi connectivity index (χ1n) is 8.53. The van der Waals surface area contributed by atoms with Gasteiger partial charge in [0.1, 0.15) is 5.01 Å². The van der Waals surface area contributed by atoms with Gasteiger partial charge in [0.2, 0.25) is 21.8 Å². The van der Waals surface area contributed by atoms with Crippen molar-refractivity contribution < 1.29 is 22.7 Å². The molecule has 0 aliphatic carbocycles. The van der Waals surface area contributed by atoms with Crippen LogP contribution in [-0.2, 0) is 22.3 Å². The maximum atomic E-state index is 12.4. The number of anilines is 1. The van der Waals surface area contributed by atoms with E-state index in [1.807, 2.05) is 6.07 Å². The summed E-state index contributed by atoms with van der Waals surface area (Å²) >= 11 is 1.02. The Morgan fingerprint density at radius 1 is 1.07 bits per heavy atom.